The van der Waals surface area contributed by atoms with Crippen molar-refractivity contribution in [2.45, 2.75) is 31.2 Å². The average molecular weight is 381 g/mol. The first-order valence-corrected chi connectivity index (χ1v) is 9.15. The van der Waals surface area contributed by atoms with Crippen molar-refractivity contribution in [1.29, 1.82) is 0 Å². The van der Waals surface area contributed by atoms with Crippen molar-refractivity contribution in [3.05, 3.63) is 59.2 Å². The maximum atomic E-state index is 12.4. The van der Waals surface area contributed by atoms with Gasteiger partial charge in [0.05, 0.1) is 22.7 Å². The summed E-state index contributed by atoms with van der Waals surface area (Å²) in [5.74, 6) is -1.28. The Labute approximate surface area is 174 Å². The number of amides is 1. The second-order valence-electron chi connectivity index (χ2n) is 6.21. The molecule has 0 saturated carbocycles. The predicted molar refractivity (Wildman–Crippen MR) is 90.5 cm³/mol. The zero-order valence-corrected chi connectivity index (χ0v) is 17.5. The second-order valence-corrected chi connectivity index (χ2v) is 7.59. The first-order chi connectivity index (χ1) is 11.7. The van der Waals surface area contributed by atoms with Crippen LogP contribution in [-0.2, 0) is 21.5 Å². The van der Waals surface area contributed by atoms with Crippen LogP contribution in [0.15, 0.2) is 47.4 Å². The number of ketones is 1. The number of anilines is 1. The molecule has 0 aliphatic carbocycles. The molecular weight excluding hydrogens is 365 g/mol. The molecule has 0 N–H and O–H groups in total. The number of carbonyl (C=O) groups excluding carboxylic acids is 2. The van der Waals surface area contributed by atoms with Crippen LogP contribution in [0.3, 0.4) is 0 Å². The van der Waals surface area contributed by atoms with Crippen LogP contribution in [0.25, 0.3) is 0 Å². The molecule has 0 saturated heterocycles. The Morgan fingerprint density at radius 3 is 2.35 bits per heavy atom. The Balaban J connectivity index is 0.00000243. The monoisotopic (exact) mass is 381 g/mol. The molecule has 2 aromatic rings. The average Bonchev–Trinajstić information content (AvgIpc) is 2.79. The van der Waals surface area contributed by atoms with Gasteiger partial charge in [0, 0.05) is 0 Å². The summed E-state index contributed by atoms with van der Waals surface area (Å²) in [7, 11) is -4.69. The third kappa shape index (κ3) is 3.77. The molecule has 8 heteroatoms. The molecule has 0 atom stereocenters. The summed E-state index contributed by atoms with van der Waals surface area (Å²) in [6.45, 7) is 4.28. The summed E-state index contributed by atoms with van der Waals surface area (Å²) in [6.07, 6.45) is 0. The maximum Gasteiger partial charge on any atom is 1.00 e. The standard InChI is InChI=1S/C18H17NO5S.Na/c1-11(2)14-6-4-3-5-12(14)10-19-16-8-7-13(25(22,23)24)9-15(16)17(20)18(19)21;/h3-9,11H,10H2,1-2H3,(H,22,23,24);/q;+1/p-1. The molecule has 0 fully saturated rings. The van der Waals surface area contributed by atoms with E-state index in [1.807, 2.05) is 38.1 Å². The van der Waals surface area contributed by atoms with Crippen LogP contribution in [0.2, 0.25) is 0 Å². The Kier molecular flexibility index (Phi) is 6.09. The zero-order chi connectivity index (χ0) is 18.4. The van der Waals surface area contributed by atoms with E-state index in [-0.39, 0.29) is 47.6 Å². The van der Waals surface area contributed by atoms with Gasteiger partial charge in [-0.05, 0) is 35.2 Å². The van der Waals surface area contributed by atoms with Gasteiger partial charge in [-0.1, -0.05) is 38.1 Å². The molecule has 1 heterocycles. The molecule has 26 heavy (non-hydrogen) atoms. The van der Waals surface area contributed by atoms with Crippen molar-refractivity contribution in [1.82, 2.24) is 0 Å². The Hall–Kier alpha value is -1.51. The van der Waals surface area contributed by atoms with Crippen molar-refractivity contribution in [3.63, 3.8) is 0 Å². The topological polar surface area (TPSA) is 94.6 Å². The molecule has 1 aliphatic heterocycles. The fourth-order valence-electron chi connectivity index (χ4n) is 3.00. The summed E-state index contributed by atoms with van der Waals surface area (Å²) < 4.78 is 33.4. The predicted octanol–water partition coefficient (Wildman–Crippen LogP) is -0.552. The minimum absolute atomic E-state index is 0. The Morgan fingerprint density at radius 2 is 1.73 bits per heavy atom. The molecule has 0 unspecified atom stereocenters. The van der Waals surface area contributed by atoms with Crippen LogP contribution in [-0.4, -0.2) is 24.7 Å². The number of fused-ring (bicyclic) bond motifs is 1. The fourth-order valence-corrected chi connectivity index (χ4v) is 3.50. The van der Waals surface area contributed by atoms with Gasteiger partial charge in [0.15, 0.2) is 0 Å². The molecule has 2 aromatic carbocycles. The number of benzene rings is 2. The van der Waals surface area contributed by atoms with Gasteiger partial charge in [0.25, 0.3) is 11.7 Å². The number of hydrogen-bond acceptors (Lipinski definition) is 5. The van der Waals surface area contributed by atoms with E-state index >= 15 is 0 Å². The largest absolute Gasteiger partial charge is 1.00 e. The van der Waals surface area contributed by atoms with E-state index in [1.165, 1.54) is 11.0 Å². The molecule has 0 bridgehead atoms. The summed E-state index contributed by atoms with van der Waals surface area (Å²) in [4.78, 5) is 25.4. The van der Waals surface area contributed by atoms with Gasteiger partial charge in [-0.3, -0.25) is 9.59 Å². The molecule has 1 aliphatic rings. The van der Waals surface area contributed by atoms with Crippen LogP contribution in [0, 0.1) is 0 Å². The summed E-state index contributed by atoms with van der Waals surface area (Å²) in [5.41, 5.74) is 2.24. The zero-order valence-electron chi connectivity index (χ0n) is 14.7. The first-order valence-electron chi connectivity index (χ1n) is 7.74. The van der Waals surface area contributed by atoms with Gasteiger partial charge < -0.3 is 9.45 Å². The van der Waals surface area contributed by atoms with E-state index in [0.717, 1.165) is 23.3 Å². The quantitative estimate of drug-likeness (QED) is 0.402. The molecule has 0 aromatic heterocycles. The van der Waals surface area contributed by atoms with E-state index in [2.05, 4.69) is 0 Å². The minimum Gasteiger partial charge on any atom is -0.744 e. The summed E-state index contributed by atoms with van der Waals surface area (Å²) >= 11 is 0. The third-order valence-electron chi connectivity index (χ3n) is 4.24. The maximum absolute atomic E-state index is 12.4. The van der Waals surface area contributed by atoms with Crippen LogP contribution < -0.4 is 34.5 Å². The van der Waals surface area contributed by atoms with E-state index < -0.39 is 26.7 Å². The van der Waals surface area contributed by atoms with E-state index in [4.69, 9.17) is 0 Å². The normalized spacial score (nSPS) is 13.8. The molecule has 130 valence electrons. The van der Waals surface area contributed by atoms with Gasteiger partial charge in [-0.25, -0.2) is 8.42 Å². The Morgan fingerprint density at radius 1 is 1.08 bits per heavy atom. The number of carbonyl (C=O) groups is 2. The van der Waals surface area contributed by atoms with E-state index in [1.54, 1.807) is 0 Å². The van der Waals surface area contributed by atoms with Crippen molar-refractivity contribution >= 4 is 27.5 Å². The summed E-state index contributed by atoms with van der Waals surface area (Å²) in [6, 6.07) is 11.1. The van der Waals surface area contributed by atoms with Crippen molar-refractivity contribution in [3.8, 4) is 0 Å². The van der Waals surface area contributed by atoms with Crippen molar-refractivity contribution < 1.29 is 52.1 Å². The van der Waals surface area contributed by atoms with Gasteiger partial charge >= 0.3 is 29.6 Å². The number of rotatable bonds is 4. The van der Waals surface area contributed by atoms with Gasteiger partial charge in [0.1, 0.15) is 10.1 Å². The van der Waals surface area contributed by atoms with E-state index in [0.29, 0.717) is 5.69 Å². The second kappa shape index (κ2) is 7.62. The molecular formula is C18H16NNaO5S. The molecule has 1 amide bonds. The van der Waals surface area contributed by atoms with Gasteiger partial charge in [-0.15, -0.1) is 0 Å². The number of nitrogens with zero attached hydrogens (tertiary/aromatic N) is 1. The molecule has 0 spiro atoms. The van der Waals surface area contributed by atoms with Crippen LogP contribution in [0.1, 0.15) is 41.3 Å². The van der Waals surface area contributed by atoms with Crippen molar-refractivity contribution in [2.24, 2.45) is 0 Å². The van der Waals surface area contributed by atoms with Crippen LogP contribution in [0.4, 0.5) is 5.69 Å². The smallest absolute Gasteiger partial charge is 0.744 e. The molecule has 0 radical (unpaired) electrons. The minimum atomic E-state index is -4.69. The number of hydrogen-bond donors (Lipinski definition) is 0. The number of Topliss-reactive ketones (excluding diaryl/α,β-unsaturated/α-hetero) is 1. The van der Waals surface area contributed by atoms with Crippen LogP contribution >= 0.6 is 0 Å². The fraction of sp³-hybridized carbons (Fsp3) is 0.222. The van der Waals surface area contributed by atoms with Crippen LogP contribution in [0.5, 0.6) is 0 Å². The van der Waals surface area contributed by atoms with Crippen molar-refractivity contribution in [2.75, 3.05) is 4.90 Å². The Bertz CT molecular complexity index is 985. The SMILES string of the molecule is CC(C)c1ccccc1CN1C(=O)C(=O)c2cc(S(=O)(=O)[O-])ccc21.[Na+]. The van der Waals surface area contributed by atoms with Gasteiger partial charge in [0.2, 0.25) is 0 Å². The molecule has 6 nitrogen and oxygen atoms in total. The summed E-state index contributed by atoms with van der Waals surface area (Å²) in [5, 5.41) is 0. The first kappa shape index (κ1) is 20.8. The third-order valence-corrected chi connectivity index (χ3v) is 5.07. The van der Waals surface area contributed by atoms with E-state index in [9.17, 15) is 22.6 Å². The van der Waals surface area contributed by atoms with Gasteiger partial charge in [-0.2, -0.15) is 0 Å². The molecule has 3 rings (SSSR count).